The summed E-state index contributed by atoms with van der Waals surface area (Å²) in [5.41, 5.74) is 0.709. The summed E-state index contributed by atoms with van der Waals surface area (Å²) in [5, 5.41) is 10.6. The van der Waals surface area contributed by atoms with Crippen molar-refractivity contribution in [1.82, 2.24) is 0 Å². The molecule has 5 heteroatoms. The number of hydrogen-bond acceptors (Lipinski definition) is 4. The lowest BCUT2D eigenvalue weighted by atomic mass is 10.0. The van der Waals surface area contributed by atoms with Crippen LogP contribution in [0.15, 0.2) is 30.3 Å². The molecule has 1 aromatic carbocycles. The highest BCUT2D eigenvalue weighted by molar-refractivity contribution is 7.54. The minimum absolute atomic E-state index is 0.460. The molecule has 0 bridgehead atoms. The van der Waals surface area contributed by atoms with Crippen molar-refractivity contribution < 1.29 is 18.7 Å². The van der Waals surface area contributed by atoms with Crippen LogP contribution >= 0.6 is 7.60 Å². The van der Waals surface area contributed by atoms with E-state index in [9.17, 15) is 9.67 Å². The average Bonchev–Trinajstić information content (AvgIpc) is 2.63. The van der Waals surface area contributed by atoms with Crippen LogP contribution < -0.4 is 0 Å². The van der Waals surface area contributed by atoms with Crippen molar-refractivity contribution in [3.8, 4) is 0 Å². The summed E-state index contributed by atoms with van der Waals surface area (Å²) in [7, 11) is -0.472. The zero-order chi connectivity index (χ0) is 17.8. The van der Waals surface area contributed by atoms with Gasteiger partial charge in [-0.15, -0.1) is 0 Å². The maximum Gasteiger partial charge on any atom is 0.335 e. The fraction of sp³-hybridized carbons (Fsp3) is 0.684. The molecule has 0 spiro atoms. The summed E-state index contributed by atoms with van der Waals surface area (Å²) in [6.45, 7) is 2.18. The second kappa shape index (κ2) is 11.8. The number of benzene rings is 1. The summed E-state index contributed by atoms with van der Waals surface area (Å²) in [6, 6.07) is 10.0. The lowest BCUT2D eigenvalue weighted by molar-refractivity contribution is 0.135. The number of aryl methyl sites for hydroxylation is 1. The molecule has 0 amide bonds. The van der Waals surface area contributed by atoms with Gasteiger partial charge in [0.25, 0.3) is 0 Å². The van der Waals surface area contributed by atoms with E-state index in [0.29, 0.717) is 12.8 Å². The molecule has 24 heavy (non-hydrogen) atoms. The number of unbranched alkanes of at least 4 members (excludes halogenated alkanes) is 4. The van der Waals surface area contributed by atoms with Gasteiger partial charge >= 0.3 is 7.60 Å². The van der Waals surface area contributed by atoms with E-state index in [0.717, 1.165) is 19.3 Å². The number of aliphatic hydroxyl groups excluding tert-OH is 1. The van der Waals surface area contributed by atoms with Gasteiger partial charge in [0.2, 0.25) is 0 Å². The summed E-state index contributed by atoms with van der Waals surface area (Å²) >= 11 is 0. The van der Waals surface area contributed by atoms with Crippen LogP contribution in [-0.2, 0) is 20.0 Å². The Morgan fingerprint density at radius 2 is 1.62 bits per heavy atom. The molecule has 0 saturated heterocycles. The molecular weight excluding hydrogens is 323 g/mol. The quantitative estimate of drug-likeness (QED) is 0.390. The molecule has 138 valence electrons. The van der Waals surface area contributed by atoms with Crippen LogP contribution in [0, 0.1) is 0 Å². The molecule has 4 nitrogen and oxygen atoms in total. The molecule has 0 saturated carbocycles. The highest BCUT2D eigenvalue weighted by atomic mass is 31.2. The largest absolute Gasteiger partial charge is 0.392 e. The van der Waals surface area contributed by atoms with Crippen LogP contribution in [-0.4, -0.2) is 31.1 Å². The van der Waals surface area contributed by atoms with Crippen molar-refractivity contribution in [2.24, 2.45) is 0 Å². The van der Waals surface area contributed by atoms with Gasteiger partial charge in [-0.05, 0) is 24.8 Å². The summed E-state index contributed by atoms with van der Waals surface area (Å²) < 4.78 is 23.2. The minimum atomic E-state index is -3.27. The Morgan fingerprint density at radius 3 is 2.21 bits per heavy atom. The molecule has 0 heterocycles. The topological polar surface area (TPSA) is 55.8 Å². The molecule has 0 radical (unpaired) electrons. The van der Waals surface area contributed by atoms with Gasteiger partial charge < -0.3 is 14.2 Å². The lowest BCUT2D eigenvalue weighted by Gasteiger charge is -2.28. The van der Waals surface area contributed by atoms with E-state index in [1.165, 1.54) is 39.0 Å². The van der Waals surface area contributed by atoms with Gasteiger partial charge in [0.1, 0.15) is 0 Å². The number of aliphatic hydroxyl groups is 1. The predicted octanol–water partition coefficient (Wildman–Crippen LogP) is 5.20. The van der Waals surface area contributed by atoms with Crippen molar-refractivity contribution in [1.29, 1.82) is 0 Å². The van der Waals surface area contributed by atoms with Crippen molar-refractivity contribution in [3.05, 3.63) is 35.9 Å². The first-order valence-electron chi connectivity index (χ1n) is 9.00. The minimum Gasteiger partial charge on any atom is -0.392 e. The molecule has 1 aromatic rings. The fourth-order valence-corrected chi connectivity index (χ4v) is 4.78. The third-order valence-corrected chi connectivity index (χ3v) is 6.97. The van der Waals surface area contributed by atoms with E-state index in [-0.39, 0.29) is 0 Å². The van der Waals surface area contributed by atoms with Crippen LogP contribution in [0.2, 0.25) is 0 Å². The molecule has 0 aliphatic rings. The van der Waals surface area contributed by atoms with Gasteiger partial charge in [-0.1, -0.05) is 69.4 Å². The Bertz CT molecular complexity index is 470. The van der Waals surface area contributed by atoms with E-state index in [1.54, 1.807) is 0 Å². The average molecular weight is 356 g/mol. The van der Waals surface area contributed by atoms with E-state index in [2.05, 4.69) is 6.92 Å². The second-order valence-electron chi connectivity index (χ2n) is 6.27. The highest BCUT2D eigenvalue weighted by Crippen LogP contribution is 2.55. The zero-order valence-corrected chi connectivity index (χ0v) is 16.2. The van der Waals surface area contributed by atoms with E-state index in [4.69, 9.17) is 9.05 Å². The molecule has 0 fully saturated rings. The molecule has 1 N–H and O–H groups in total. The van der Waals surface area contributed by atoms with Crippen molar-refractivity contribution in [2.45, 2.75) is 70.1 Å². The third kappa shape index (κ3) is 7.06. The Kier molecular flexibility index (Phi) is 10.5. The summed E-state index contributed by atoms with van der Waals surface area (Å²) in [6.07, 6.45) is 6.88. The van der Waals surface area contributed by atoms with Crippen LogP contribution in [0.1, 0.15) is 57.4 Å². The molecule has 0 aromatic heterocycles. The molecule has 1 rings (SSSR count). The molecule has 0 aliphatic carbocycles. The lowest BCUT2D eigenvalue weighted by Crippen LogP contribution is -2.28. The zero-order valence-electron chi connectivity index (χ0n) is 15.3. The van der Waals surface area contributed by atoms with Gasteiger partial charge in [0.15, 0.2) is 0 Å². The molecule has 2 atom stereocenters. The van der Waals surface area contributed by atoms with Crippen molar-refractivity contribution in [2.75, 3.05) is 14.2 Å². The monoisotopic (exact) mass is 356 g/mol. The van der Waals surface area contributed by atoms with Crippen LogP contribution in [0.4, 0.5) is 0 Å². The first-order valence-corrected chi connectivity index (χ1v) is 10.6. The third-order valence-electron chi connectivity index (χ3n) is 4.53. The summed E-state index contributed by atoms with van der Waals surface area (Å²) in [5.74, 6) is 0. The first-order chi connectivity index (χ1) is 11.6. The van der Waals surface area contributed by atoms with Gasteiger partial charge in [0, 0.05) is 14.2 Å². The Morgan fingerprint density at radius 1 is 1.00 bits per heavy atom. The van der Waals surface area contributed by atoms with Crippen molar-refractivity contribution >= 4 is 7.60 Å². The Labute approximate surface area is 147 Å². The van der Waals surface area contributed by atoms with Gasteiger partial charge in [-0.25, -0.2) is 0 Å². The molecule has 0 aliphatic heterocycles. The van der Waals surface area contributed by atoms with E-state index < -0.39 is 19.4 Å². The van der Waals surface area contributed by atoms with E-state index >= 15 is 0 Å². The number of hydrogen-bond donors (Lipinski definition) is 1. The fourth-order valence-electron chi connectivity index (χ4n) is 3.02. The van der Waals surface area contributed by atoms with Crippen LogP contribution in [0.25, 0.3) is 0 Å². The first kappa shape index (κ1) is 21.4. The normalized spacial score (nSPS) is 14.5. The highest BCUT2D eigenvalue weighted by Gasteiger charge is 2.38. The SMILES string of the molecule is CCCCCCCC(C(O)CCc1ccccc1)P(=O)(OC)OC. The van der Waals surface area contributed by atoms with E-state index in [1.807, 2.05) is 30.3 Å². The molecule has 2 unspecified atom stereocenters. The standard InChI is InChI=1S/C19H33O4P/c1-4-5-6-7-11-14-19(24(21,22-2)23-3)18(20)16-15-17-12-9-8-10-13-17/h8-10,12-13,18-20H,4-7,11,14-16H2,1-3H3. The van der Waals surface area contributed by atoms with Crippen molar-refractivity contribution in [3.63, 3.8) is 0 Å². The Balaban J connectivity index is 2.63. The van der Waals surface area contributed by atoms with Crippen LogP contribution in [0.3, 0.4) is 0 Å². The number of rotatable bonds is 13. The second-order valence-corrected chi connectivity index (χ2v) is 8.74. The predicted molar refractivity (Wildman–Crippen MR) is 99.6 cm³/mol. The van der Waals surface area contributed by atoms with Gasteiger partial charge in [-0.2, -0.15) is 0 Å². The smallest absolute Gasteiger partial charge is 0.335 e. The molecular formula is C19H33O4P. The van der Waals surface area contributed by atoms with Crippen LogP contribution in [0.5, 0.6) is 0 Å². The van der Waals surface area contributed by atoms with Gasteiger partial charge in [0.05, 0.1) is 11.8 Å². The maximum atomic E-state index is 12.8. The summed E-state index contributed by atoms with van der Waals surface area (Å²) in [4.78, 5) is 0. The van der Waals surface area contributed by atoms with Gasteiger partial charge in [-0.3, -0.25) is 4.57 Å². The maximum absolute atomic E-state index is 12.8. The Hall–Kier alpha value is -0.670.